The van der Waals surface area contributed by atoms with Crippen molar-refractivity contribution in [3.05, 3.63) is 63.3 Å². The first-order chi connectivity index (χ1) is 12.4. The highest BCUT2D eigenvalue weighted by Crippen LogP contribution is 2.25. The van der Waals surface area contributed by atoms with Crippen molar-refractivity contribution in [3.63, 3.8) is 0 Å². The van der Waals surface area contributed by atoms with Crippen LogP contribution in [0.15, 0.2) is 42.1 Å². The van der Waals surface area contributed by atoms with E-state index in [0.29, 0.717) is 17.7 Å². The topological polar surface area (TPSA) is 103 Å². The predicted octanol–water partition coefficient (Wildman–Crippen LogP) is 4.75. The summed E-state index contributed by atoms with van der Waals surface area (Å²) in [6, 6.07) is 8.01. The Labute approximate surface area is 151 Å². The number of aryl methyl sites for hydroxylation is 1. The summed E-state index contributed by atoms with van der Waals surface area (Å²) in [5, 5.41) is 19.9. The first kappa shape index (κ1) is 19.1. The second-order valence-electron chi connectivity index (χ2n) is 5.81. The summed E-state index contributed by atoms with van der Waals surface area (Å²) in [5.74, 6) is -0.146. The zero-order valence-corrected chi connectivity index (χ0v) is 14.6. The van der Waals surface area contributed by atoms with Gasteiger partial charge in [-0.25, -0.2) is 9.78 Å². The Hall–Kier alpha value is -3.22. The number of carboxylic acids is 1. The number of rotatable bonds is 8. The molecule has 7 nitrogen and oxygen atoms in total. The molecular weight excluding hydrogens is 336 g/mol. The largest absolute Gasteiger partial charge is 0.478 e. The maximum Gasteiger partial charge on any atom is 0.331 e. The van der Waals surface area contributed by atoms with E-state index in [0.717, 1.165) is 30.2 Å². The molecule has 0 fully saturated rings. The zero-order chi connectivity index (χ0) is 19.1. The molecule has 1 aromatic carbocycles. The first-order valence-corrected chi connectivity index (χ1v) is 8.23. The third-order valence-electron chi connectivity index (χ3n) is 3.80. The standard InChI is InChI=1S/C19H20N2O5/c1-3-4-5-15(19(22)23)11-14-6-8-17(10-13(14)2)26-18-9-7-16(12-20-18)21(24)25/h6-12H,3-5H2,1-2H3,(H,22,23). The summed E-state index contributed by atoms with van der Waals surface area (Å²) in [6.07, 6.45) is 5.09. The van der Waals surface area contributed by atoms with Crippen LogP contribution in [-0.4, -0.2) is 21.0 Å². The molecule has 0 saturated carbocycles. The smallest absolute Gasteiger partial charge is 0.331 e. The number of hydrogen-bond donors (Lipinski definition) is 1. The van der Waals surface area contributed by atoms with Crippen LogP contribution in [-0.2, 0) is 4.79 Å². The maximum absolute atomic E-state index is 11.4. The van der Waals surface area contributed by atoms with Gasteiger partial charge in [-0.3, -0.25) is 10.1 Å². The van der Waals surface area contributed by atoms with Crippen molar-refractivity contribution < 1.29 is 19.6 Å². The molecule has 0 aliphatic rings. The van der Waals surface area contributed by atoms with Gasteiger partial charge in [-0.15, -0.1) is 0 Å². The quantitative estimate of drug-likeness (QED) is 0.416. The highest BCUT2D eigenvalue weighted by atomic mass is 16.6. The van der Waals surface area contributed by atoms with Crippen molar-refractivity contribution in [1.82, 2.24) is 4.98 Å². The van der Waals surface area contributed by atoms with Crippen LogP contribution in [0.3, 0.4) is 0 Å². The molecule has 0 radical (unpaired) electrons. The molecule has 0 unspecified atom stereocenters. The lowest BCUT2D eigenvalue weighted by molar-refractivity contribution is -0.385. The van der Waals surface area contributed by atoms with Gasteiger partial charge in [-0.2, -0.15) is 0 Å². The maximum atomic E-state index is 11.4. The third-order valence-corrected chi connectivity index (χ3v) is 3.80. The number of pyridine rings is 1. The van der Waals surface area contributed by atoms with Gasteiger partial charge in [0.15, 0.2) is 0 Å². The Bertz CT molecular complexity index is 828. The number of carbonyl (C=O) groups is 1. The van der Waals surface area contributed by atoms with Crippen LogP contribution in [0.25, 0.3) is 6.08 Å². The molecule has 136 valence electrons. The molecule has 0 spiro atoms. The Morgan fingerprint density at radius 3 is 2.65 bits per heavy atom. The van der Waals surface area contributed by atoms with E-state index in [1.807, 2.05) is 13.8 Å². The number of aromatic nitrogens is 1. The lowest BCUT2D eigenvalue weighted by Crippen LogP contribution is -2.00. The van der Waals surface area contributed by atoms with Gasteiger partial charge in [0.1, 0.15) is 11.9 Å². The highest BCUT2D eigenvalue weighted by Gasteiger charge is 2.10. The second-order valence-corrected chi connectivity index (χ2v) is 5.81. The molecule has 0 atom stereocenters. The molecule has 2 rings (SSSR count). The lowest BCUT2D eigenvalue weighted by Gasteiger charge is -2.08. The van der Waals surface area contributed by atoms with Gasteiger partial charge in [-0.05, 0) is 49.1 Å². The summed E-state index contributed by atoms with van der Waals surface area (Å²) >= 11 is 0. The van der Waals surface area contributed by atoms with Gasteiger partial charge in [0.2, 0.25) is 5.88 Å². The predicted molar refractivity (Wildman–Crippen MR) is 97.3 cm³/mol. The van der Waals surface area contributed by atoms with Gasteiger partial charge < -0.3 is 9.84 Å². The Kier molecular flexibility index (Phi) is 6.43. The van der Waals surface area contributed by atoms with E-state index in [-0.39, 0.29) is 11.6 Å². The summed E-state index contributed by atoms with van der Waals surface area (Å²) in [7, 11) is 0. The Balaban J connectivity index is 2.18. The average molecular weight is 356 g/mol. The highest BCUT2D eigenvalue weighted by molar-refractivity contribution is 5.92. The molecule has 0 bridgehead atoms. The van der Waals surface area contributed by atoms with Crippen LogP contribution in [0.5, 0.6) is 11.6 Å². The van der Waals surface area contributed by atoms with E-state index in [1.54, 1.807) is 24.3 Å². The Morgan fingerprint density at radius 2 is 2.12 bits per heavy atom. The van der Waals surface area contributed by atoms with Crippen LogP contribution in [0.2, 0.25) is 0 Å². The molecule has 1 aromatic heterocycles. The molecule has 1 N–H and O–H groups in total. The van der Waals surface area contributed by atoms with Gasteiger partial charge in [0.05, 0.1) is 4.92 Å². The molecule has 0 aliphatic heterocycles. The van der Waals surface area contributed by atoms with Gasteiger partial charge in [0, 0.05) is 17.7 Å². The van der Waals surface area contributed by atoms with Crippen molar-refractivity contribution in [1.29, 1.82) is 0 Å². The van der Waals surface area contributed by atoms with E-state index < -0.39 is 10.9 Å². The number of nitro groups is 1. The number of unbranched alkanes of at least 4 members (excludes halogenated alkanes) is 1. The van der Waals surface area contributed by atoms with Crippen molar-refractivity contribution in [2.24, 2.45) is 0 Å². The van der Waals surface area contributed by atoms with Crippen molar-refractivity contribution >= 4 is 17.7 Å². The van der Waals surface area contributed by atoms with Gasteiger partial charge >= 0.3 is 5.97 Å². The van der Waals surface area contributed by atoms with Crippen molar-refractivity contribution in [2.45, 2.75) is 33.1 Å². The molecule has 26 heavy (non-hydrogen) atoms. The monoisotopic (exact) mass is 356 g/mol. The number of hydrogen-bond acceptors (Lipinski definition) is 5. The molecule has 7 heteroatoms. The summed E-state index contributed by atoms with van der Waals surface area (Å²) in [4.78, 5) is 25.4. The molecular formula is C19H20N2O5. The number of benzene rings is 1. The van der Waals surface area contributed by atoms with Crippen LogP contribution in [0, 0.1) is 17.0 Å². The SMILES string of the molecule is CCCCC(=Cc1ccc(Oc2ccc([N+](=O)[O-])cn2)cc1C)C(=O)O. The first-order valence-electron chi connectivity index (χ1n) is 8.23. The summed E-state index contributed by atoms with van der Waals surface area (Å²) < 4.78 is 5.60. The number of carboxylic acid groups (broad SMARTS) is 1. The molecule has 1 heterocycles. The third kappa shape index (κ3) is 5.14. The van der Waals surface area contributed by atoms with E-state index in [2.05, 4.69) is 4.98 Å². The van der Waals surface area contributed by atoms with E-state index in [4.69, 9.17) is 4.74 Å². The number of aliphatic carboxylic acids is 1. The average Bonchev–Trinajstić information content (AvgIpc) is 2.60. The summed E-state index contributed by atoms with van der Waals surface area (Å²) in [5.41, 5.74) is 1.94. The molecule has 0 aliphatic carbocycles. The van der Waals surface area contributed by atoms with E-state index in [1.165, 1.54) is 12.1 Å². The van der Waals surface area contributed by atoms with E-state index >= 15 is 0 Å². The molecule has 0 amide bonds. The molecule has 2 aromatic rings. The van der Waals surface area contributed by atoms with Gasteiger partial charge in [0.25, 0.3) is 5.69 Å². The minimum absolute atomic E-state index is 0.109. The fourth-order valence-corrected chi connectivity index (χ4v) is 2.33. The van der Waals surface area contributed by atoms with Crippen molar-refractivity contribution in [3.8, 4) is 11.6 Å². The summed E-state index contributed by atoms with van der Waals surface area (Å²) in [6.45, 7) is 3.88. The fourth-order valence-electron chi connectivity index (χ4n) is 2.33. The minimum atomic E-state index is -0.909. The normalized spacial score (nSPS) is 11.2. The minimum Gasteiger partial charge on any atom is -0.478 e. The van der Waals surface area contributed by atoms with Crippen LogP contribution < -0.4 is 4.74 Å². The number of nitrogens with zero attached hydrogens (tertiary/aromatic N) is 2. The van der Waals surface area contributed by atoms with Crippen LogP contribution in [0.1, 0.15) is 37.3 Å². The van der Waals surface area contributed by atoms with E-state index in [9.17, 15) is 20.0 Å². The lowest BCUT2D eigenvalue weighted by atomic mass is 10.0. The number of ether oxygens (including phenoxy) is 1. The van der Waals surface area contributed by atoms with Crippen LogP contribution >= 0.6 is 0 Å². The fraction of sp³-hybridized carbons (Fsp3) is 0.263. The second kappa shape index (κ2) is 8.75. The zero-order valence-electron chi connectivity index (χ0n) is 14.6. The Morgan fingerprint density at radius 1 is 1.35 bits per heavy atom. The van der Waals surface area contributed by atoms with Crippen molar-refractivity contribution in [2.75, 3.05) is 0 Å². The van der Waals surface area contributed by atoms with Crippen LogP contribution in [0.4, 0.5) is 5.69 Å². The van der Waals surface area contributed by atoms with Gasteiger partial charge in [-0.1, -0.05) is 19.4 Å². The molecule has 0 saturated heterocycles.